The zero-order valence-electron chi connectivity index (χ0n) is 10.2. The van der Waals surface area contributed by atoms with E-state index in [4.69, 9.17) is 11.6 Å². The Balaban J connectivity index is 2.69. The van der Waals surface area contributed by atoms with Gasteiger partial charge in [-0.3, -0.25) is 4.79 Å². The Morgan fingerprint density at radius 1 is 1.16 bits per heavy atom. The lowest BCUT2D eigenvalue weighted by Crippen LogP contribution is -2.13. The Kier molecular flexibility index (Phi) is 3.78. The second-order valence-electron chi connectivity index (χ2n) is 4.11. The molecule has 19 heavy (non-hydrogen) atoms. The van der Waals surface area contributed by atoms with E-state index in [2.05, 4.69) is 5.32 Å². The van der Waals surface area contributed by atoms with Crippen LogP contribution in [0.5, 0.6) is 0 Å². The van der Waals surface area contributed by atoms with Gasteiger partial charge in [-0.25, -0.2) is 8.42 Å². The quantitative estimate of drug-likeness (QED) is 0.885. The lowest BCUT2D eigenvalue weighted by molar-refractivity contribution is -0.113. The van der Waals surface area contributed by atoms with Crippen molar-refractivity contribution in [1.82, 2.24) is 0 Å². The van der Waals surface area contributed by atoms with E-state index in [0.29, 0.717) is 16.5 Å². The molecule has 0 saturated carbocycles. The van der Waals surface area contributed by atoms with E-state index in [0.717, 1.165) is 6.26 Å². The molecule has 4 nitrogen and oxygen atoms in total. The average Bonchev–Trinajstić information content (AvgIpc) is 2.37. The van der Waals surface area contributed by atoms with E-state index in [9.17, 15) is 13.2 Å². The van der Waals surface area contributed by atoms with Crippen molar-refractivity contribution in [3.05, 3.63) is 36.4 Å². The number of rotatable bonds is 3. The van der Waals surface area contributed by atoms with Gasteiger partial charge in [-0.05, 0) is 12.1 Å². The number of amides is 1. The van der Waals surface area contributed by atoms with Crippen LogP contribution in [0.4, 0.5) is 5.69 Å². The summed E-state index contributed by atoms with van der Waals surface area (Å²) in [5.74, 6) is -0.485. The summed E-state index contributed by atoms with van der Waals surface area (Å²) in [6, 6.07) is 10.1. The molecular weight excluding hydrogens is 286 g/mol. The van der Waals surface area contributed by atoms with Gasteiger partial charge in [-0.2, -0.15) is 0 Å². The molecule has 1 amide bonds. The molecule has 1 N–H and O–H groups in total. The molecule has 0 aromatic heterocycles. The fourth-order valence-corrected chi connectivity index (χ4v) is 2.85. The molecule has 6 heteroatoms. The van der Waals surface area contributed by atoms with Crippen LogP contribution in [0, 0.1) is 0 Å². The number of anilines is 1. The highest BCUT2D eigenvalue weighted by molar-refractivity contribution is 7.91. The highest BCUT2D eigenvalue weighted by atomic mass is 35.5. The molecule has 0 radical (unpaired) electrons. The van der Waals surface area contributed by atoms with Gasteiger partial charge in [0, 0.05) is 22.7 Å². The topological polar surface area (TPSA) is 63.2 Å². The lowest BCUT2D eigenvalue weighted by atomic mass is 10.1. The largest absolute Gasteiger partial charge is 0.324 e. The summed E-state index contributed by atoms with van der Waals surface area (Å²) < 4.78 is 23.5. The third-order valence-corrected chi connectivity index (χ3v) is 4.08. The number of hydrogen-bond donors (Lipinski definition) is 1. The molecular formula is C13H12ClNO3S. The highest BCUT2D eigenvalue weighted by Gasteiger charge is 2.14. The first kappa shape index (κ1) is 13.8. The first-order valence-electron chi connectivity index (χ1n) is 5.51. The minimum absolute atomic E-state index is 0.151. The van der Waals surface area contributed by atoms with E-state index >= 15 is 0 Å². The summed E-state index contributed by atoms with van der Waals surface area (Å²) in [5, 5.41) is 3.90. The predicted molar refractivity (Wildman–Crippen MR) is 76.4 cm³/mol. The number of halogens is 1. The van der Waals surface area contributed by atoms with E-state index in [1.54, 1.807) is 30.3 Å². The number of nitrogens with one attached hydrogen (secondary N) is 1. The summed E-state index contributed by atoms with van der Waals surface area (Å²) in [7, 11) is -3.32. The van der Waals surface area contributed by atoms with Crippen molar-refractivity contribution in [2.45, 2.75) is 4.90 Å². The average molecular weight is 298 g/mol. The molecule has 2 aromatic carbocycles. The number of carbonyl (C=O) groups excluding carboxylic acids is 1. The van der Waals surface area contributed by atoms with Crippen molar-refractivity contribution in [3.8, 4) is 0 Å². The fraction of sp³-hybridized carbons (Fsp3) is 0.154. The van der Waals surface area contributed by atoms with Crippen LogP contribution < -0.4 is 5.32 Å². The number of carbonyl (C=O) groups is 1. The van der Waals surface area contributed by atoms with Crippen LogP contribution in [0.25, 0.3) is 10.8 Å². The number of benzene rings is 2. The highest BCUT2D eigenvalue weighted by Crippen LogP contribution is 2.29. The first-order chi connectivity index (χ1) is 8.93. The van der Waals surface area contributed by atoms with E-state index in [-0.39, 0.29) is 16.7 Å². The van der Waals surface area contributed by atoms with Crippen molar-refractivity contribution in [2.24, 2.45) is 0 Å². The SMILES string of the molecule is CS(=O)(=O)c1ccc(NC(=O)CCl)c2ccccc12. The van der Waals surface area contributed by atoms with Gasteiger partial charge in [0.1, 0.15) is 5.88 Å². The second kappa shape index (κ2) is 5.19. The number of alkyl halides is 1. The van der Waals surface area contributed by atoms with Crippen LogP contribution >= 0.6 is 11.6 Å². The van der Waals surface area contributed by atoms with Crippen LogP contribution in [0.2, 0.25) is 0 Å². The van der Waals surface area contributed by atoms with Crippen molar-refractivity contribution in [2.75, 3.05) is 17.5 Å². The van der Waals surface area contributed by atoms with Crippen molar-refractivity contribution < 1.29 is 13.2 Å². The van der Waals surface area contributed by atoms with Crippen molar-refractivity contribution in [1.29, 1.82) is 0 Å². The Bertz CT molecular complexity index is 741. The summed E-state index contributed by atoms with van der Waals surface area (Å²) in [6.45, 7) is 0. The molecule has 2 aromatic rings. The van der Waals surface area contributed by atoms with E-state index in [1.165, 1.54) is 6.07 Å². The minimum Gasteiger partial charge on any atom is -0.324 e. The molecule has 0 atom stereocenters. The molecule has 0 unspecified atom stereocenters. The maximum Gasteiger partial charge on any atom is 0.239 e. The second-order valence-corrected chi connectivity index (χ2v) is 6.36. The summed E-state index contributed by atoms with van der Waals surface area (Å²) in [6.07, 6.45) is 1.16. The molecule has 0 aliphatic carbocycles. The third-order valence-electron chi connectivity index (χ3n) is 2.68. The fourth-order valence-electron chi connectivity index (χ4n) is 1.89. The summed E-state index contributed by atoms with van der Waals surface area (Å²) in [5.41, 5.74) is 0.550. The van der Waals surface area contributed by atoms with E-state index in [1.807, 2.05) is 0 Å². The van der Waals surface area contributed by atoms with Gasteiger partial charge >= 0.3 is 0 Å². The Labute approximate surface area is 116 Å². The van der Waals surface area contributed by atoms with Gasteiger partial charge in [-0.1, -0.05) is 24.3 Å². The molecule has 0 fully saturated rings. The molecule has 0 saturated heterocycles. The molecule has 0 heterocycles. The van der Waals surface area contributed by atoms with E-state index < -0.39 is 9.84 Å². The van der Waals surface area contributed by atoms with Gasteiger partial charge in [0.2, 0.25) is 5.91 Å². The zero-order valence-corrected chi connectivity index (χ0v) is 11.8. The number of hydrogen-bond acceptors (Lipinski definition) is 3. The van der Waals surface area contributed by atoms with Crippen LogP contribution in [0.3, 0.4) is 0 Å². The van der Waals surface area contributed by atoms with Gasteiger partial charge in [-0.15, -0.1) is 11.6 Å². The van der Waals surface area contributed by atoms with Crippen molar-refractivity contribution in [3.63, 3.8) is 0 Å². The molecule has 0 aliphatic rings. The Hall–Kier alpha value is -1.59. The van der Waals surface area contributed by atoms with Crippen LogP contribution in [0.1, 0.15) is 0 Å². The van der Waals surface area contributed by atoms with Crippen LogP contribution in [-0.4, -0.2) is 26.5 Å². The molecule has 2 rings (SSSR count). The van der Waals surface area contributed by atoms with Gasteiger partial charge < -0.3 is 5.32 Å². The number of fused-ring (bicyclic) bond motifs is 1. The molecule has 0 bridgehead atoms. The van der Waals surface area contributed by atoms with Gasteiger partial charge in [0.25, 0.3) is 0 Å². The third kappa shape index (κ3) is 2.88. The van der Waals surface area contributed by atoms with Gasteiger partial charge in [0.15, 0.2) is 9.84 Å². The zero-order chi connectivity index (χ0) is 14.0. The molecule has 0 spiro atoms. The van der Waals surface area contributed by atoms with Crippen LogP contribution in [0.15, 0.2) is 41.3 Å². The maximum absolute atomic E-state index is 11.7. The molecule has 100 valence electrons. The summed E-state index contributed by atoms with van der Waals surface area (Å²) in [4.78, 5) is 11.6. The Morgan fingerprint density at radius 2 is 1.79 bits per heavy atom. The minimum atomic E-state index is -3.32. The normalized spacial score (nSPS) is 11.5. The maximum atomic E-state index is 11.7. The molecule has 0 aliphatic heterocycles. The Morgan fingerprint density at radius 3 is 2.37 bits per heavy atom. The predicted octanol–water partition coefficient (Wildman–Crippen LogP) is 2.42. The monoisotopic (exact) mass is 297 g/mol. The van der Waals surface area contributed by atoms with Gasteiger partial charge in [0.05, 0.1) is 4.90 Å². The first-order valence-corrected chi connectivity index (χ1v) is 7.93. The summed E-state index contributed by atoms with van der Waals surface area (Å²) >= 11 is 5.45. The standard InChI is InChI=1S/C13H12ClNO3S/c1-19(17,18)12-7-6-11(15-13(16)8-14)9-4-2-3-5-10(9)12/h2-7H,8H2,1H3,(H,15,16). The lowest BCUT2D eigenvalue weighted by Gasteiger charge is -2.10. The number of sulfone groups is 1. The smallest absolute Gasteiger partial charge is 0.239 e. The van der Waals surface area contributed by atoms with Crippen molar-refractivity contribution >= 4 is 43.8 Å². The van der Waals surface area contributed by atoms with Crippen LogP contribution in [-0.2, 0) is 14.6 Å².